The SMILES string of the molecule is CNC1CCCc2ccc(OCc3nccs3)cc21. The molecule has 1 aromatic heterocycles. The lowest BCUT2D eigenvalue weighted by Gasteiger charge is -2.25. The van der Waals surface area contributed by atoms with Gasteiger partial charge >= 0.3 is 0 Å². The molecule has 1 heterocycles. The van der Waals surface area contributed by atoms with E-state index in [1.807, 2.05) is 18.6 Å². The first-order valence-corrected chi connectivity index (χ1v) is 7.56. The predicted octanol–water partition coefficient (Wildman–Crippen LogP) is 3.32. The van der Waals surface area contributed by atoms with Gasteiger partial charge in [-0.1, -0.05) is 6.07 Å². The normalized spacial score (nSPS) is 18.1. The fraction of sp³-hybridized carbons (Fsp3) is 0.400. The molecule has 1 aliphatic carbocycles. The van der Waals surface area contributed by atoms with Crippen molar-refractivity contribution in [2.24, 2.45) is 0 Å². The Morgan fingerprint density at radius 2 is 2.42 bits per heavy atom. The first kappa shape index (κ1) is 12.6. The molecule has 1 aliphatic rings. The van der Waals surface area contributed by atoms with Crippen molar-refractivity contribution in [3.8, 4) is 5.75 Å². The molecule has 4 heteroatoms. The minimum absolute atomic E-state index is 0.465. The molecule has 19 heavy (non-hydrogen) atoms. The van der Waals surface area contributed by atoms with Crippen molar-refractivity contribution in [1.82, 2.24) is 10.3 Å². The number of hydrogen-bond donors (Lipinski definition) is 1. The molecule has 3 nitrogen and oxygen atoms in total. The zero-order chi connectivity index (χ0) is 13.1. The van der Waals surface area contributed by atoms with Gasteiger partial charge in [-0.25, -0.2) is 4.98 Å². The highest BCUT2D eigenvalue weighted by Gasteiger charge is 2.19. The summed E-state index contributed by atoms with van der Waals surface area (Å²) in [5.41, 5.74) is 2.84. The fourth-order valence-electron chi connectivity index (χ4n) is 2.64. The summed E-state index contributed by atoms with van der Waals surface area (Å²) < 4.78 is 5.83. The predicted molar refractivity (Wildman–Crippen MR) is 77.6 cm³/mol. The number of rotatable bonds is 4. The Balaban J connectivity index is 1.76. The summed E-state index contributed by atoms with van der Waals surface area (Å²) in [6, 6.07) is 6.93. The van der Waals surface area contributed by atoms with Crippen LogP contribution in [0.4, 0.5) is 0 Å². The van der Waals surface area contributed by atoms with E-state index < -0.39 is 0 Å². The standard InChI is InChI=1S/C15H18N2OS/c1-16-14-4-2-3-11-5-6-12(9-13(11)14)18-10-15-17-7-8-19-15/h5-9,14,16H,2-4,10H2,1H3. The third-order valence-corrected chi connectivity index (χ3v) is 4.38. The van der Waals surface area contributed by atoms with E-state index in [4.69, 9.17) is 4.74 Å². The Bertz CT molecular complexity index is 539. The minimum atomic E-state index is 0.465. The van der Waals surface area contributed by atoms with Crippen LogP contribution in [-0.4, -0.2) is 12.0 Å². The van der Waals surface area contributed by atoms with E-state index in [0.29, 0.717) is 12.6 Å². The zero-order valence-electron chi connectivity index (χ0n) is 11.1. The van der Waals surface area contributed by atoms with Crippen molar-refractivity contribution in [2.45, 2.75) is 31.9 Å². The molecule has 1 aromatic carbocycles. The van der Waals surface area contributed by atoms with Crippen LogP contribution >= 0.6 is 11.3 Å². The molecule has 0 radical (unpaired) electrons. The third-order valence-electron chi connectivity index (χ3n) is 3.63. The monoisotopic (exact) mass is 274 g/mol. The van der Waals surface area contributed by atoms with Crippen LogP contribution in [0.3, 0.4) is 0 Å². The molecule has 0 bridgehead atoms. The van der Waals surface area contributed by atoms with Gasteiger partial charge < -0.3 is 10.1 Å². The molecule has 0 saturated heterocycles. The van der Waals surface area contributed by atoms with Crippen LogP contribution in [0.1, 0.15) is 35.0 Å². The van der Waals surface area contributed by atoms with Gasteiger partial charge in [0.05, 0.1) is 0 Å². The quantitative estimate of drug-likeness (QED) is 0.928. The first-order valence-electron chi connectivity index (χ1n) is 6.68. The lowest BCUT2D eigenvalue weighted by molar-refractivity contribution is 0.304. The number of aryl methyl sites for hydroxylation is 1. The molecular formula is C15H18N2OS. The number of hydrogen-bond acceptors (Lipinski definition) is 4. The molecule has 0 aliphatic heterocycles. The lowest BCUT2D eigenvalue weighted by Crippen LogP contribution is -2.21. The van der Waals surface area contributed by atoms with E-state index >= 15 is 0 Å². The van der Waals surface area contributed by atoms with Crippen LogP contribution in [0.2, 0.25) is 0 Å². The minimum Gasteiger partial charge on any atom is -0.486 e. The van der Waals surface area contributed by atoms with E-state index in [2.05, 4.69) is 28.5 Å². The molecule has 1 unspecified atom stereocenters. The van der Waals surface area contributed by atoms with Gasteiger partial charge in [0.25, 0.3) is 0 Å². The van der Waals surface area contributed by atoms with Crippen molar-refractivity contribution in [3.05, 3.63) is 45.9 Å². The van der Waals surface area contributed by atoms with Gasteiger partial charge in [0.2, 0.25) is 0 Å². The summed E-state index contributed by atoms with van der Waals surface area (Å²) in [5, 5.41) is 6.38. The zero-order valence-corrected chi connectivity index (χ0v) is 11.9. The van der Waals surface area contributed by atoms with Gasteiger partial charge in [-0.2, -0.15) is 0 Å². The van der Waals surface area contributed by atoms with Crippen LogP contribution in [0, 0.1) is 0 Å². The highest BCUT2D eigenvalue weighted by atomic mass is 32.1. The third kappa shape index (κ3) is 2.80. The molecule has 0 saturated carbocycles. The van der Waals surface area contributed by atoms with Crippen molar-refractivity contribution >= 4 is 11.3 Å². The number of nitrogens with zero attached hydrogens (tertiary/aromatic N) is 1. The van der Waals surface area contributed by atoms with Gasteiger partial charge in [-0.05, 0) is 49.6 Å². The highest BCUT2D eigenvalue weighted by Crippen LogP contribution is 2.32. The van der Waals surface area contributed by atoms with Gasteiger partial charge in [0.1, 0.15) is 17.4 Å². The molecule has 1 N–H and O–H groups in total. The lowest BCUT2D eigenvalue weighted by atomic mass is 9.87. The number of benzene rings is 1. The van der Waals surface area contributed by atoms with Crippen LogP contribution in [0.15, 0.2) is 29.8 Å². The molecule has 0 fully saturated rings. The van der Waals surface area contributed by atoms with Crippen LogP contribution in [0.5, 0.6) is 5.75 Å². The van der Waals surface area contributed by atoms with Crippen LogP contribution < -0.4 is 10.1 Å². The maximum atomic E-state index is 5.83. The van der Waals surface area contributed by atoms with Crippen molar-refractivity contribution in [2.75, 3.05) is 7.05 Å². The van der Waals surface area contributed by atoms with Crippen molar-refractivity contribution in [3.63, 3.8) is 0 Å². The van der Waals surface area contributed by atoms with E-state index in [1.54, 1.807) is 11.3 Å². The molecule has 0 amide bonds. The summed E-state index contributed by atoms with van der Waals surface area (Å²) >= 11 is 1.63. The maximum Gasteiger partial charge on any atom is 0.140 e. The fourth-order valence-corrected chi connectivity index (χ4v) is 3.16. The summed E-state index contributed by atoms with van der Waals surface area (Å²) in [6.45, 7) is 0.556. The molecular weight excluding hydrogens is 256 g/mol. The van der Waals surface area contributed by atoms with Gasteiger partial charge in [-0.15, -0.1) is 11.3 Å². The summed E-state index contributed by atoms with van der Waals surface area (Å²) in [5.74, 6) is 0.941. The highest BCUT2D eigenvalue weighted by molar-refractivity contribution is 7.09. The number of nitrogens with one attached hydrogen (secondary N) is 1. The number of ether oxygens (including phenoxy) is 1. The van der Waals surface area contributed by atoms with Crippen molar-refractivity contribution in [1.29, 1.82) is 0 Å². The van der Waals surface area contributed by atoms with E-state index in [-0.39, 0.29) is 0 Å². The molecule has 100 valence electrons. The maximum absolute atomic E-state index is 5.83. The average Bonchev–Trinajstić information content (AvgIpc) is 2.97. The van der Waals surface area contributed by atoms with Gasteiger partial charge in [-0.3, -0.25) is 0 Å². The Kier molecular flexibility index (Phi) is 3.80. The molecule has 3 rings (SSSR count). The second-order valence-electron chi connectivity index (χ2n) is 4.81. The number of thiazole rings is 1. The van der Waals surface area contributed by atoms with Gasteiger partial charge in [0, 0.05) is 17.6 Å². The topological polar surface area (TPSA) is 34.1 Å². The second-order valence-corrected chi connectivity index (χ2v) is 5.79. The summed E-state index contributed by atoms with van der Waals surface area (Å²) in [7, 11) is 2.03. The molecule has 2 aromatic rings. The average molecular weight is 274 g/mol. The summed E-state index contributed by atoms with van der Waals surface area (Å²) in [4.78, 5) is 4.23. The Morgan fingerprint density at radius 3 is 3.21 bits per heavy atom. The Labute approximate surface area is 117 Å². The Hall–Kier alpha value is -1.39. The van der Waals surface area contributed by atoms with Crippen LogP contribution in [0.25, 0.3) is 0 Å². The molecule has 1 atom stereocenters. The second kappa shape index (κ2) is 5.72. The van der Waals surface area contributed by atoms with Crippen molar-refractivity contribution < 1.29 is 4.74 Å². The largest absolute Gasteiger partial charge is 0.486 e. The van der Waals surface area contributed by atoms with E-state index in [9.17, 15) is 0 Å². The van der Waals surface area contributed by atoms with E-state index in [0.717, 1.165) is 10.8 Å². The number of aromatic nitrogens is 1. The van der Waals surface area contributed by atoms with Gasteiger partial charge in [0.15, 0.2) is 0 Å². The first-order chi connectivity index (χ1) is 9.36. The van der Waals surface area contributed by atoms with Crippen LogP contribution in [-0.2, 0) is 13.0 Å². The molecule has 0 spiro atoms. The smallest absolute Gasteiger partial charge is 0.140 e. The number of fused-ring (bicyclic) bond motifs is 1. The van der Waals surface area contributed by atoms with E-state index in [1.165, 1.54) is 30.4 Å². The summed E-state index contributed by atoms with van der Waals surface area (Å²) in [6.07, 6.45) is 5.46. The Morgan fingerprint density at radius 1 is 1.47 bits per heavy atom.